The van der Waals surface area contributed by atoms with Gasteiger partial charge >= 0.3 is 0 Å². The summed E-state index contributed by atoms with van der Waals surface area (Å²) in [6, 6.07) is 12.6. The highest BCUT2D eigenvalue weighted by Crippen LogP contribution is 2.50. The van der Waals surface area contributed by atoms with Crippen LogP contribution in [0.25, 0.3) is 0 Å². The molecule has 2 heterocycles. The van der Waals surface area contributed by atoms with E-state index in [1.54, 1.807) is 13.2 Å². The average molecular weight is 500 g/mol. The predicted molar refractivity (Wildman–Crippen MR) is 138 cm³/mol. The van der Waals surface area contributed by atoms with Crippen molar-refractivity contribution in [1.29, 1.82) is 0 Å². The van der Waals surface area contributed by atoms with Crippen molar-refractivity contribution < 1.29 is 13.9 Å². The number of carbonyl (C=O) groups excluding carboxylic acids is 1. The van der Waals surface area contributed by atoms with Crippen LogP contribution in [0.1, 0.15) is 49.3 Å². The molecule has 0 saturated heterocycles. The van der Waals surface area contributed by atoms with Gasteiger partial charge in [0.25, 0.3) is 0 Å². The molecule has 3 rings (SSSR count). The number of methoxy groups -OCH3 is 1. The van der Waals surface area contributed by atoms with Gasteiger partial charge in [0.15, 0.2) is 0 Å². The van der Waals surface area contributed by atoms with Gasteiger partial charge < -0.3 is 9.41 Å². The summed E-state index contributed by atoms with van der Waals surface area (Å²) in [6.45, 7) is 12.9. The highest BCUT2D eigenvalue weighted by molar-refractivity contribution is 7.71. The van der Waals surface area contributed by atoms with Gasteiger partial charge in [-0.3, -0.25) is 4.79 Å². The van der Waals surface area contributed by atoms with E-state index in [0.29, 0.717) is 10.7 Å². The minimum atomic E-state index is -1.15. The van der Waals surface area contributed by atoms with Gasteiger partial charge in [-0.05, 0) is 41.4 Å². The van der Waals surface area contributed by atoms with Crippen LogP contribution in [-0.4, -0.2) is 29.6 Å². The quantitative estimate of drug-likeness (QED) is 0.154. The van der Waals surface area contributed by atoms with Crippen LogP contribution < -0.4 is 9.97 Å². The second-order valence-electron chi connectivity index (χ2n) is 8.88. The summed E-state index contributed by atoms with van der Waals surface area (Å²) in [5, 5.41) is 2.34. The number of rotatable bonds is 8. The topological polar surface area (TPSA) is 55.3 Å². The van der Waals surface area contributed by atoms with Crippen molar-refractivity contribution in [2.75, 3.05) is 18.5 Å². The molecule has 0 bridgehead atoms. The van der Waals surface area contributed by atoms with Crippen molar-refractivity contribution >= 4 is 36.4 Å². The van der Waals surface area contributed by atoms with E-state index in [9.17, 15) is 9.18 Å². The summed E-state index contributed by atoms with van der Waals surface area (Å²) in [7, 11) is 0.440. The molecule has 0 spiro atoms. The third-order valence-corrected chi connectivity index (χ3v) is 7.68. The summed E-state index contributed by atoms with van der Waals surface area (Å²) in [5.74, 6) is -1.05. The Morgan fingerprint density at radius 3 is 2.35 bits per heavy atom. The molecule has 0 saturated carbocycles. The number of ketones is 1. The van der Waals surface area contributed by atoms with Crippen molar-refractivity contribution in [3.63, 3.8) is 0 Å². The molecule has 0 radical (unpaired) electrons. The maximum absolute atomic E-state index is 13.3. The molecule has 3 aromatic rings. The fourth-order valence-corrected chi connectivity index (χ4v) is 5.79. The molecule has 0 N–H and O–H groups in total. The molecule has 2 aromatic heterocycles. The molecule has 1 unspecified atom stereocenters. The van der Waals surface area contributed by atoms with Gasteiger partial charge in [-0.15, -0.1) is 0 Å². The van der Waals surface area contributed by atoms with Gasteiger partial charge in [0, 0.05) is 30.4 Å². The fraction of sp³-hybridized carbons (Fsp3) is 0.269. The number of hydrogen-bond acceptors (Lipinski definition) is 5. The van der Waals surface area contributed by atoms with Gasteiger partial charge in [0.1, 0.15) is 12.4 Å². The zero-order valence-electron chi connectivity index (χ0n) is 20.0. The Labute approximate surface area is 206 Å². The highest BCUT2D eigenvalue weighted by atomic mass is 35.5. The Hall–Kier alpha value is -2.66. The number of pyridine rings is 2. The van der Waals surface area contributed by atoms with E-state index >= 15 is 0 Å². The van der Waals surface area contributed by atoms with E-state index < -0.39 is 14.0 Å². The van der Waals surface area contributed by atoms with E-state index in [2.05, 4.69) is 61.6 Å². The van der Waals surface area contributed by atoms with Gasteiger partial charge in [-0.1, -0.05) is 63.2 Å². The van der Waals surface area contributed by atoms with Crippen LogP contribution in [0.5, 0.6) is 0 Å². The summed E-state index contributed by atoms with van der Waals surface area (Å²) in [4.78, 5) is 21.3. The van der Waals surface area contributed by atoms with Crippen LogP contribution in [0.4, 0.5) is 10.1 Å². The van der Waals surface area contributed by atoms with Crippen molar-refractivity contribution in [3.8, 4) is 0 Å². The SMILES string of the molecule is C=C(C)P(c1ccc(C(C)(C)C)cc1)N(COC)c1cc(Cl)cnc1C(=O)c1ccc(F)nc1. The Morgan fingerprint density at radius 2 is 1.82 bits per heavy atom. The lowest BCUT2D eigenvalue weighted by Crippen LogP contribution is -2.27. The van der Waals surface area contributed by atoms with Crippen molar-refractivity contribution in [1.82, 2.24) is 9.97 Å². The van der Waals surface area contributed by atoms with E-state index in [-0.39, 0.29) is 29.2 Å². The van der Waals surface area contributed by atoms with Crippen LogP contribution >= 0.6 is 19.7 Å². The van der Waals surface area contributed by atoms with Gasteiger partial charge in [0.2, 0.25) is 11.7 Å². The molecule has 8 heteroatoms. The standard InChI is InChI=1S/C26H28ClFN3O2P/c1-17(2)34(21-10-8-19(9-11-21)26(3,4)5)31(16-33-6)22-13-20(27)15-30-24(22)25(32)18-7-12-23(28)29-14-18/h7-15H,1,16H2,2-6H3. The first-order valence-electron chi connectivity index (χ1n) is 10.7. The molecule has 0 aliphatic carbocycles. The van der Waals surface area contributed by atoms with Crippen LogP contribution in [0, 0.1) is 5.95 Å². The zero-order chi connectivity index (χ0) is 25.0. The predicted octanol–water partition coefficient (Wildman–Crippen LogP) is 6.46. The molecule has 178 valence electrons. The van der Waals surface area contributed by atoms with Crippen LogP contribution in [-0.2, 0) is 10.2 Å². The highest BCUT2D eigenvalue weighted by Gasteiger charge is 2.28. The molecule has 0 aliphatic rings. The third kappa shape index (κ3) is 5.87. The molecular weight excluding hydrogens is 472 g/mol. The van der Waals surface area contributed by atoms with E-state index in [0.717, 1.165) is 16.7 Å². The minimum Gasteiger partial charge on any atom is -0.364 e. The lowest BCUT2D eigenvalue weighted by atomic mass is 9.87. The van der Waals surface area contributed by atoms with Crippen LogP contribution in [0.3, 0.4) is 0 Å². The smallest absolute Gasteiger partial charge is 0.215 e. The maximum atomic E-state index is 13.3. The number of nitrogens with zero attached hydrogens (tertiary/aromatic N) is 3. The molecule has 0 amide bonds. The van der Waals surface area contributed by atoms with E-state index in [4.69, 9.17) is 16.3 Å². The van der Waals surface area contributed by atoms with Gasteiger partial charge in [-0.2, -0.15) is 4.39 Å². The lowest BCUT2D eigenvalue weighted by Gasteiger charge is -2.34. The van der Waals surface area contributed by atoms with Gasteiger partial charge in [-0.25, -0.2) is 9.97 Å². The average Bonchev–Trinajstić information content (AvgIpc) is 2.78. The molecule has 0 fully saturated rings. The molecule has 1 atom stereocenters. The normalized spacial score (nSPS) is 12.3. The Bertz CT molecular complexity index is 1180. The van der Waals surface area contributed by atoms with Crippen molar-refractivity contribution in [2.24, 2.45) is 0 Å². The Morgan fingerprint density at radius 1 is 1.15 bits per heavy atom. The number of allylic oxidation sites excluding steroid dienone is 1. The fourth-order valence-electron chi connectivity index (χ4n) is 3.47. The molecular formula is C26H28ClFN3O2P. The zero-order valence-corrected chi connectivity index (χ0v) is 21.6. The summed E-state index contributed by atoms with van der Waals surface area (Å²) >= 11 is 6.32. The van der Waals surface area contributed by atoms with Crippen molar-refractivity contribution in [3.05, 3.63) is 94.5 Å². The molecule has 5 nitrogen and oxygen atoms in total. The maximum Gasteiger partial charge on any atom is 0.215 e. The summed E-state index contributed by atoms with van der Waals surface area (Å²) in [6.07, 6.45) is 2.62. The first-order valence-corrected chi connectivity index (χ1v) is 12.3. The van der Waals surface area contributed by atoms with E-state index in [1.165, 1.54) is 24.0 Å². The number of halogens is 2. The Balaban J connectivity index is 2.13. The number of anilines is 1. The largest absolute Gasteiger partial charge is 0.364 e. The number of aromatic nitrogens is 2. The molecule has 0 aliphatic heterocycles. The number of ether oxygens (including phenoxy) is 1. The molecule has 34 heavy (non-hydrogen) atoms. The summed E-state index contributed by atoms with van der Waals surface area (Å²) in [5.41, 5.74) is 2.16. The minimum absolute atomic E-state index is 0.0242. The second-order valence-corrected chi connectivity index (χ2v) is 11.7. The van der Waals surface area contributed by atoms with Crippen molar-refractivity contribution in [2.45, 2.75) is 33.1 Å². The van der Waals surface area contributed by atoms with Crippen LogP contribution in [0.2, 0.25) is 5.02 Å². The first kappa shape index (κ1) is 26.0. The van der Waals surface area contributed by atoms with Crippen LogP contribution in [0.15, 0.2) is 66.8 Å². The van der Waals surface area contributed by atoms with E-state index in [1.807, 2.05) is 11.6 Å². The Kier molecular flexibility index (Phi) is 8.19. The molecule has 1 aromatic carbocycles. The first-order chi connectivity index (χ1) is 16.0. The monoisotopic (exact) mass is 499 g/mol. The second kappa shape index (κ2) is 10.7. The number of benzene rings is 1. The lowest BCUT2D eigenvalue weighted by molar-refractivity contribution is 0.103. The summed E-state index contributed by atoms with van der Waals surface area (Å²) < 4.78 is 20.8. The number of hydrogen-bond donors (Lipinski definition) is 0. The van der Waals surface area contributed by atoms with Gasteiger partial charge in [0.05, 0.1) is 18.8 Å². The number of carbonyl (C=O) groups is 1. The third-order valence-electron chi connectivity index (χ3n) is 5.15.